The van der Waals surface area contributed by atoms with E-state index in [0.29, 0.717) is 18.0 Å². The smallest absolute Gasteiger partial charge is 0.337 e. The van der Waals surface area contributed by atoms with Gasteiger partial charge in [-0.05, 0) is 80.6 Å². The van der Waals surface area contributed by atoms with Crippen LogP contribution < -0.4 is 10.1 Å². The Morgan fingerprint density at radius 1 is 1.12 bits per heavy atom. The van der Waals surface area contributed by atoms with Crippen LogP contribution >= 0.6 is 31.9 Å². The van der Waals surface area contributed by atoms with Crippen molar-refractivity contribution < 1.29 is 19.4 Å². The number of halogens is 2. The quantitative estimate of drug-likeness (QED) is 0.636. The third-order valence-corrected chi connectivity index (χ3v) is 5.70. The van der Waals surface area contributed by atoms with Gasteiger partial charge in [-0.2, -0.15) is 0 Å². The van der Waals surface area contributed by atoms with Gasteiger partial charge in [0.25, 0.3) is 0 Å². The van der Waals surface area contributed by atoms with E-state index in [4.69, 9.17) is 4.74 Å². The minimum absolute atomic E-state index is 0.00780. The second-order valence-corrected chi connectivity index (χ2v) is 7.52. The molecular formula is C18H15Br2NO4. The van der Waals surface area contributed by atoms with Crippen LogP contribution in [0.2, 0.25) is 0 Å². The van der Waals surface area contributed by atoms with E-state index in [1.807, 2.05) is 18.2 Å². The molecule has 0 unspecified atom stereocenters. The Morgan fingerprint density at radius 2 is 1.88 bits per heavy atom. The average molecular weight is 469 g/mol. The van der Waals surface area contributed by atoms with Gasteiger partial charge in [0.05, 0.1) is 11.3 Å². The number of carbonyl (C=O) groups excluding carboxylic acids is 1. The lowest BCUT2D eigenvalue weighted by Gasteiger charge is -2.12. The van der Waals surface area contributed by atoms with Gasteiger partial charge >= 0.3 is 5.97 Å². The van der Waals surface area contributed by atoms with Gasteiger partial charge in [-0.3, -0.25) is 4.79 Å². The average Bonchev–Trinajstić information content (AvgIpc) is 3.41. The third-order valence-electron chi connectivity index (χ3n) is 3.82. The van der Waals surface area contributed by atoms with Gasteiger partial charge in [-0.1, -0.05) is 6.07 Å². The van der Waals surface area contributed by atoms with E-state index in [2.05, 4.69) is 37.2 Å². The number of benzene rings is 2. The van der Waals surface area contributed by atoms with Crippen molar-refractivity contribution in [3.8, 4) is 5.75 Å². The van der Waals surface area contributed by atoms with Crippen LogP contribution in [0, 0.1) is 5.92 Å². The molecule has 1 aliphatic rings. The minimum atomic E-state index is -1.11. The number of nitrogens with one attached hydrogen (secondary N) is 1. The summed E-state index contributed by atoms with van der Waals surface area (Å²) >= 11 is 6.84. The molecular weight excluding hydrogens is 454 g/mol. The number of rotatable bonds is 6. The fourth-order valence-corrected chi connectivity index (χ4v) is 2.95. The molecule has 2 aromatic rings. The fourth-order valence-electron chi connectivity index (χ4n) is 2.28. The van der Waals surface area contributed by atoms with E-state index >= 15 is 0 Å². The maximum atomic E-state index is 11.9. The molecule has 3 rings (SSSR count). The number of carbonyl (C=O) groups is 2. The lowest BCUT2D eigenvalue weighted by atomic mass is 10.1. The molecule has 0 bridgehead atoms. The topological polar surface area (TPSA) is 75.6 Å². The summed E-state index contributed by atoms with van der Waals surface area (Å²) in [5.41, 5.74) is 1.25. The SMILES string of the molecule is O=C(O)c1cc(OCc2ccc(Br)c(Br)c2)ccc1NC(=O)C1CC1. The van der Waals surface area contributed by atoms with Crippen LogP contribution in [0.1, 0.15) is 28.8 Å². The molecule has 0 spiro atoms. The van der Waals surface area contributed by atoms with Crippen LogP contribution in [-0.2, 0) is 11.4 Å². The minimum Gasteiger partial charge on any atom is -0.489 e. The molecule has 0 radical (unpaired) electrons. The highest BCUT2D eigenvalue weighted by Gasteiger charge is 2.30. The van der Waals surface area contributed by atoms with Crippen LogP contribution in [-0.4, -0.2) is 17.0 Å². The van der Waals surface area contributed by atoms with Crippen LogP contribution in [0.15, 0.2) is 45.3 Å². The first-order valence-corrected chi connectivity index (χ1v) is 9.27. The lowest BCUT2D eigenvalue weighted by Crippen LogP contribution is -2.16. The number of amides is 1. The number of ether oxygens (including phenoxy) is 1. The first-order chi connectivity index (χ1) is 11.9. The van der Waals surface area contributed by atoms with Crippen LogP contribution in [0.4, 0.5) is 5.69 Å². The van der Waals surface area contributed by atoms with Gasteiger partial charge in [0.2, 0.25) is 5.91 Å². The Morgan fingerprint density at radius 3 is 2.52 bits per heavy atom. The number of carboxylic acid groups (broad SMARTS) is 1. The molecule has 25 heavy (non-hydrogen) atoms. The molecule has 130 valence electrons. The maximum Gasteiger partial charge on any atom is 0.337 e. The highest BCUT2D eigenvalue weighted by molar-refractivity contribution is 9.13. The Kier molecular flexibility index (Phi) is 5.44. The van der Waals surface area contributed by atoms with Crippen LogP contribution in [0.3, 0.4) is 0 Å². The molecule has 5 nitrogen and oxygen atoms in total. The van der Waals surface area contributed by atoms with Gasteiger partial charge in [0.15, 0.2) is 0 Å². The van der Waals surface area contributed by atoms with Gasteiger partial charge < -0.3 is 15.2 Å². The predicted molar refractivity (Wildman–Crippen MR) is 101 cm³/mol. The Hall–Kier alpha value is -1.86. The van der Waals surface area contributed by atoms with Crippen molar-refractivity contribution in [3.63, 3.8) is 0 Å². The molecule has 0 atom stereocenters. The monoisotopic (exact) mass is 467 g/mol. The summed E-state index contributed by atoms with van der Waals surface area (Å²) in [6.45, 7) is 0.304. The van der Waals surface area contributed by atoms with Crippen LogP contribution in [0.25, 0.3) is 0 Å². The van der Waals surface area contributed by atoms with Gasteiger partial charge in [-0.25, -0.2) is 4.79 Å². The van der Waals surface area contributed by atoms with E-state index < -0.39 is 5.97 Å². The van der Waals surface area contributed by atoms with E-state index in [1.165, 1.54) is 6.07 Å². The first-order valence-electron chi connectivity index (χ1n) is 7.69. The van der Waals surface area contributed by atoms with Gasteiger partial charge in [0, 0.05) is 14.9 Å². The van der Waals surface area contributed by atoms with Crippen molar-refractivity contribution in [2.45, 2.75) is 19.4 Å². The summed E-state index contributed by atoms with van der Waals surface area (Å²) < 4.78 is 7.54. The van der Waals surface area contributed by atoms with Crippen LogP contribution in [0.5, 0.6) is 5.75 Å². The predicted octanol–water partition coefficient (Wildman–Crippen LogP) is 4.84. The molecule has 2 aromatic carbocycles. The van der Waals surface area contributed by atoms with Crippen molar-refractivity contribution in [2.24, 2.45) is 5.92 Å². The Bertz CT molecular complexity index is 834. The Balaban J connectivity index is 1.73. The standard InChI is InChI=1S/C18H15Br2NO4/c19-14-5-1-10(7-15(14)20)9-25-12-4-6-16(13(8-12)18(23)24)21-17(22)11-2-3-11/h1,4-8,11H,2-3,9H2,(H,21,22)(H,23,24). The molecule has 1 aliphatic carbocycles. The summed E-state index contributed by atoms with van der Waals surface area (Å²) in [6, 6.07) is 10.4. The van der Waals surface area contributed by atoms with E-state index in [0.717, 1.165) is 27.4 Å². The summed E-state index contributed by atoms with van der Waals surface area (Å²) in [5, 5.41) is 12.1. The fraction of sp³-hybridized carbons (Fsp3) is 0.222. The Labute approximate surface area is 161 Å². The zero-order valence-electron chi connectivity index (χ0n) is 13.1. The van der Waals surface area contributed by atoms with E-state index in [9.17, 15) is 14.7 Å². The number of hydrogen-bond donors (Lipinski definition) is 2. The zero-order chi connectivity index (χ0) is 18.0. The number of hydrogen-bond acceptors (Lipinski definition) is 3. The van der Waals surface area contributed by atoms with Crippen molar-refractivity contribution in [3.05, 3.63) is 56.5 Å². The van der Waals surface area contributed by atoms with Crippen molar-refractivity contribution in [2.75, 3.05) is 5.32 Å². The van der Waals surface area contributed by atoms with Gasteiger partial charge in [-0.15, -0.1) is 0 Å². The molecule has 0 aromatic heterocycles. The maximum absolute atomic E-state index is 11.9. The highest BCUT2D eigenvalue weighted by atomic mass is 79.9. The third kappa shape index (κ3) is 4.61. The summed E-state index contributed by atoms with van der Waals surface area (Å²) in [7, 11) is 0. The molecule has 0 saturated heterocycles. The largest absolute Gasteiger partial charge is 0.489 e. The molecule has 1 fully saturated rings. The van der Waals surface area contributed by atoms with E-state index in [1.54, 1.807) is 12.1 Å². The second kappa shape index (κ2) is 7.58. The van der Waals surface area contributed by atoms with Crippen molar-refractivity contribution >= 4 is 49.4 Å². The van der Waals surface area contributed by atoms with Crippen molar-refractivity contribution in [1.29, 1.82) is 0 Å². The number of aromatic carboxylic acids is 1. The molecule has 1 amide bonds. The molecule has 0 heterocycles. The lowest BCUT2D eigenvalue weighted by molar-refractivity contribution is -0.117. The number of anilines is 1. The molecule has 2 N–H and O–H groups in total. The molecule has 0 aliphatic heterocycles. The van der Waals surface area contributed by atoms with Crippen molar-refractivity contribution in [1.82, 2.24) is 0 Å². The highest BCUT2D eigenvalue weighted by Crippen LogP contribution is 2.31. The molecule has 1 saturated carbocycles. The molecule has 7 heteroatoms. The second-order valence-electron chi connectivity index (χ2n) is 5.81. The normalized spacial score (nSPS) is 13.4. The number of carboxylic acids is 1. The summed E-state index contributed by atoms with van der Waals surface area (Å²) in [6.07, 6.45) is 1.72. The van der Waals surface area contributed by atoms with E-state index in [-0.39, 0.29) is 17.4 Å². The zero-order valence-corrected chi connectivity index (χ0v) is 16.3. The summed E-state index contributed by atoms with van der Waals surface area (Å²) in [4.78, 5) is 23.3. The van der Waals surface area contributed by atoms with Gasteiger partial charge in [0.1, 0.15) is 12.4 Å². The summed E-state index contributed by atoms with van der Waals surface area (Å²) in [5.74, 6) is -0.798. The first kappa shape index (κ1) is 17.9.